The Hall–Kier alpha value is -2.24. The number of halogens is 1. The molecular weight excluding hydrogens is 237 g/mol. The van der Waals surface area contributed by atoms with E-state index in [1.807, 2.05) is 0 Å². The molecule has 0 amide bonds. The van der Waals surface area contributed by atoms with Crippen LogP contribution in [0, 0.1) is 11.7 Å². The number of benzene rings is 1. The van der Waals surface area contributed by atoms with E-state index in [4.69, 9.17) is 5.11 Å². The van der Waals surface area contributed by atoms with Gasteiger partial charge in [-0.15, -0.1) is 0 Å². The fraction of sp³-hybridized carbons (Fsp3) is 0.250. The zero-order valence-corrected chi connectivity index (χ0v) is 9.75. The van der Waals surface area contributed by atoms with Gasteiger partial charge in [0.05, 0.1) is 5.92 Å². The van der Waals surface area contributed by atoms with Crippen LogP contribution in [0.2, 0.25) is 0 Å². The lowest BCUT2D eigenvalue weighted by Crippen LogP contribution is -2.12. The summed E-state index contributed by atoms with van der Waals surface area (Å²) < 4.78 is 15.1. The van der Waals surface area contributed by atoms with Gasteiger partial charge < -0.3 is 5.11 Å². The van der Waals surface area contributed by atoms with E-state index >= 15 is 0 Å². The van der Waals surface area contributed by atoms with Crippen LogP contribution in [0.4, 0.5) is 4.39 Å². The molecule has 1 heterocycles. The third-order valence-corrected chi connectivity index (χ3v) is 2.64. The summed E-state index contributed by atoms with van der Waals surface area (Å²) >= 11 is 0. The maximum absolute atomic E-state index is 13.8. The molecule has 0 radical (unpaired) electrons. The summed E-state index contributed by atoms with van der Waals surface area (Å²) in [6.45, 7) is 1.59. The molecule has 2 aromatic rings. The monoisotopic (exact) mass is 249 g/mol. The van der Waals surface area contributed by atoms with Crippen molar-refractivity contribution in [2.75, 3.05) is 0 Å². The number of carboxylic acids is 1. The summed E-state index contributed by atoms with van der Waals surface area (Å²) in [7, 11) is 0. The lowest BCUT2D eigenvalue weighted by Gasteiger charge is -2.08. The van der Waals surface area contributed by atoms with Crippen LogP contribution in [0.15, 0.2) is 30.9 Å². The largest absolute Gasteiger partial charge is 0.481 e. The van der Waals surface area contributed by atoms with E-state index in [1.165, 1.54) is 23.4 Å². The molecule has 0 bridgehead atoms. The van der Waals surface area contributed by atoms with Gasteiger partial charge in [-0.05, 0) is 24.1 Å². The number of carbonyl (C=O) groups is 1. The Bertz CT molecular complexity index is 554. The molecule has 0 saturated carbocycles. The molecule has 6 heteroatoms. The first-order chi connectivity index (χ1) is 8.58. The molecule has 0 aliphatic carbocycles. The van der Waals surface area contributed by atoms with Crippen LogP contribution >= 0.6 is 0 Å². The number of aromatic nitrogens is 3. The van der Waals surface area contributed by atoms with Gasteiger partial charge in [0.2, 0.25) is 0 Å². The number of carboxylic acid groups (broad SMARTS) is 1. The van der Waals surface area contributed by atoms with Gasteiger partial charge in [-0.1, -0.05) is 13.0 Å². The Morgan fingerprint density at radius 1 is 1.56 bits per heavy atom. The molecule has 1 aromatic heterocycles. The highest BCUT2D eigenvalue weighted by Gasteiger charge is 2.13. The summed E-state index contributed by atoms with van der Waals surface area (Å²) in [5.41, 5.74) is 0.936. The molecule has 18 heavy (non-hydrogen) atoms. The fourth-order valence-corrected chi connectivity index (χ4v) is 1.64. The van der Waals surface area contributed by atoms with E-state index in [0.29, 0.717) is 17.7 Å². The van der Waals surface area contributed by atoms with Crippen LogP contribution in [0.5, 0.6) is 0 Å². The van der Waals surface area contributed by atoms with Crippen LogP contribution < -0.4 is 0 Å². The Balaban J connectivity index is 2.23. The van der Waals surface area contributed by atoms with Crippen molar-refractivity contribution in [2.45, 2.75) is 13.3 Å². The van der Waals surface area contributed by atoms with E-state index in [0.717, 1.165) is 0 Å². The normalized spacial score (nSPS) is 12.3. The molecule has 0 spiro atoms. The summed E-state index contributed by atoms with van der Waals surface area (Å²) in [6, 6.07) is 4.59. The van der Waals surface area contributed by atoms with E-state index < -0.39 is 17.7 Å². The average molecular weight is 249 g/mol. The molecule has 1 N–H and O–H groups in total. The zero-order chi connectivity index (χ0) is 13.1. The topological polar surface area (TPSA) is 68.0 Å². The van der Waals surface area contributed by atoms with Gasteiger partial charge in [0, 0.05) is 0 Å². The highest BCUT2D eigenvalue weighted by Crippen LogP contribution is 2.16. The van der Waals surface area contributed by atoms with Crippen molar-refractivity contribution in [3.63, 3.8) is 0 Å². The first-order valence-corrected chi connectivity index (χ1v) is 5.44. The molecule has 0 saturated heterocycles. The number of rotatable bonds is 4. The number of hydrogen-bond donors (Lipinski definition) is 1. The highest BCUT2D eigenvalue weighted by molar-refractivity contribution is 5.69. The zero-order valence-electron chi connectivity index (χ0n) is 9.75. The van der Waals surface area contributed by atoms with Crippen LogP contribution in [0.1, 0.15) is 12.5 Å². The van der Waals surface area contributed by atoms with E-state index in [-0.39, 0.29) is 0 Å². The summed E-state index contributed by atoms with van der Waals surface area (Å²) in [6.07, 6.45) is 3.02. The molecule has 0 fully saturated rings. The third-order valence-electron chi connectivity index (χ3n) is 2.64. The lowest BCUT2D eigenvalue weighted by molar-refractivity contribution is -0.141. The second kappa shape index (κ2) is 4.95. The van der Waals surface area contributed by atoms with Crippen molar-refractivity contribution in [3.05, 3.63) is 42.2 Å². The SMILES string of the molecule is CC(Cc1ccc(-n2cncn2)c(F)c1)C(=O)O. The van der Waals surface area contributed by atoms with Crippen molar-refractivity contribution in [3.8, 4) is 5.69 Å². The van der Waals surface area contributed by atoms with Gasteiger partial charge in [0.15, 0.2) is 0 Å². The second-order valence-corrected chi connectivity index (χ2v) is 4.07. The standard InChI is InChI=1S/C12H12FN3O2/c1-8(12(17)18)4-9-2-3-11(10(13)5-9)16-7-14-6-15-16/h2-3,5-8H,4H2,1H3,(H,17,18). The minimum atomic E-state index is -0.893. The van der Waals surface area contributed by atoms with E-state index in [2.05, 4.69) is 10.1 Å². The Morgan fingerprint density at radius 3 is 2.89 bits per heavy atom. The average Bonchev–Trinajstić information content (AvgIpc) is 2.82. The van der Waals surface area contributed by atoms with Crippen molar-refractivity contribution in [2.24, 2.45) is 5.92 Å². The van der Waals surface area contributed by atoms with Crippen LogP contribution in [-0.4, -0.2) is 25.8 Å². The lowest BCUT2D eigenvalue weighted by atomic mass is 10.0. The van der Waals surface area contributed by atoms with Gasteiger partial charge >= 0.3 is 5.97 Å². The minimum Gasteiger partial charge on any atom is -0.481 e. The van der Waals surface area contributed by atoms with Crippen molar-refractivity contribution in [1.29, 1.82) is 0 Å². The molecular formula is C12H12FN3O2. The molecule has 1 aromatic carbocycles. The molecule has 5 nitrogen and oxygen atoms in total. The maximum atomic E-state index is 13.8. The number of hydrogen-bond acceptors (Lipinski definition) is 3. The van der Waals surface area contributed by atoms with Gasteiger partial charge in [-0.3, -0.25) is 4.79 Å². The molecule has 1 atom stereocenters. The molecule has 0 aliphatic rings. The first-order valence-electron chi connectivity index (χ1n) is 5.44. The predicted octanol–water partition coefficient (Wildman–Crippen LogP) is 1.67. The summed E-state index contributed by atoms with van der Waals surface area (Å²) in [5, 5.41) is 12.6. The van der Waals surface area contributed by atoms with E-state index in [9.17, 15) is 9.18 Å². The van der Waals surface area contributed by atoms with Gasteiger partial charge in [-0.2, -0.15) is 5.10 Å². The predicted molar refractivity (Wildman–Crippen MR) is 61.8 cm³/mol. The van der Waals surface area contributed by atoms with Gasteiger partial charge in [-0.25, -0.2) is 14.1 Å². The van der Waals surface area contributed by atoms with Crippen LogP contribution in [-0.2, 0) is 11.2 Å². The number of nitrogens with zero attached hydrogens (tertiary/aromatic N) is 3. The quantitative estimate of drug-likeness (QED) is 0.894. The summed E-state index contributed by atoms with van der Waals surface area (Å²) in [5.74, 6) is -1.88. The Morgan fingerprint density at radius 2 is 2.33 bits per heavy atom. The summed E-state index contributed by atoms with van der Waals surface area (Å²) in [4.78, 5) is 14.5. The van der Waals surface area contributed by atoms with Crippen LogP contribution in [0.3, 0.4) is 0 Å². The smallest absolute Gasteiger partial charge is 0.306 e. The Kier molecular flexibility index (Phi) is 3.36. The first kappa shape index (κ1) is 12.2. The highest BCUT2D eigenvalue weighted by atomic mass is 19.1. The van der Waals surface area contributed by atoms with Crippen LogP contribution in [0.25, 0.3) is 5.69 Å². The van der Waals surface area contributed by atoms with Crippen molar-refractivity contribution in [1.82, 2.24) is 14.8 Å². The van der Waals surface area contributed by atoms with Crippen molar-refractivity contribution >= 4 is 5.97 Å². The molecule has 2 rings (SSSR count). The number of aliphatic carboxylic acids is 1. The fourth-order valence-electron chi connectivity index (χ4n) is 1.64. The second-order valence-electron chi connectivity index (χ2n) is 4.07. The van der Waals surface area contributed by atoms with Gasteiger partial charge in [0.25, 0.3) is 0 Å². The Labute approximate surface area is 103 Å². The third kappa shape index (κ3) is 2.53. The van der Waals surface area contributed by atoms with Gasteiger partial charge in [0.1, 0.15) is 24.2 Å². The van der Waals surface area contributed by atoms with E-state index in [1.54, 1.807) is 19.1 Å². The van der Waals surface area contributed by atoms with Crippen molar-refractivity contribution < 1.29 is 14.3 Å². The molecule has 1 unspecified atom stereocenters. The molecule has 94 valence electrons. The minimum absolute atomic E-state index is 0.291. The maximum Gasteiger partial charge on any atom is 0.306 e. The molecule has 0 aliphatic heterocycles.